The molecule has 1 heterocycles. The molecule has 3 rings (SSSR count). The van der Waals surface area contributed by atoms with E-state index in [9.17, 15) is 32.9 Å². The van der Waals surface area contributed by atoms with E-state index in [0.717, 1.165) is 24.1 Å². The van der Waals surface area contributed by atoms with Gasteiger partial charge in [0.25, 0.3) is 5.69 Å². The van der Waals surface area contributed by atoms with Gasteiger partial charge in [0.1, 0.15) is 11.3 Å². The van der Waals surface area contributed by atoms with Crippen LogP contribution in [0.1, 0.15) is 42.4 Å². The van der Waals surface area contributed by atoms with E-state index < -0.39 is 63.5 Å². The Kier molecular flexibility index (Phi) is 10.1. The van der Waals surface area contributed by atoms with Crippen LogP contribution in [0.15, 0.2) is 36.4 Å². The SMILES string of the molecule is COC(=O)c1cc(F)c(F)cc1Nc1ccc(F)c(F)c1CN(CCc1nc(OC)ccc1[N+](=O)[O-])C(=O)OC(C)(C)C. The molecule has 0 atom stereocenters. The van der Waals surface area contributed by atoms with Crippen molar-refractivity contribution in [1.29, 1.82) is 0 Å². The van der Waals surface area contributed by atoms with Crippen molar-refractivity contribution in [3.8, 4) is 5.88 Å². The third kappa shape index (κ3) is 8.08. The fourth-order valence-corrected chi connectivity index (χ4v) is 3.87. The molecule has 1 aromatic heterocycles. The topological polar surface area (TPSA) is 133 Å². The van der Waals surface area contributed by atoms with Crippen molar-refractivity contribution < 1.29 is 46.3 Å². The number of ether oxygens (including phenoxy) is 3. The number of aromatic nitrogens is 1. The summed E-state index contributed by atoms with van der Waals surface area (Å²) in [4.78, 5) is 41.3. The highest BCUT2D eigenvalue weighted by atomic mass is 19.2. The predicted octanol–water partition coefficient (Wildman–Crippen LogP) is 6.06. The summed E-state index contributed by atoms with van der Waals surface area (Å²) in [5, 5.41) is 14.1. The molecule has 0 aliphatic heterocycles. The molecule has 0 saturated carbocycles. The monoisotopic (exact) mass is 608 g/mol. The van der Waals surface area contributed by atoms with Gasteiger partial charge in [-0.3, -0.25) is 10.1 Å². The Labute approximate surface area is 243 Å². The van der Waals surface area contributed by atoms with E-state index in [1.165, 1.54) is 19.2 Å². The van der Waals surface area contributed by atoms with Crippen molar-refractivity contribution >= 4 is 29.1 Å². The predicted molar refractivity (Wildman–Crippen MR) is 145 cm³/mol. The summed E-state index contributed by atoms with van der Waals surface area (Å²) in [6.07, 6.45) is -1.20. The fraction of sp³-hybridized carbons (Fsp3) is 0.321. The third-order valence-corrected chi connectivity index (χ3v) is 5.88. The summed E-state index contributed by atoms with van der Waals surface area (Å²) >= 11 is 0. The molecule has 0 spiro atoms. The minimum absolute atomic E-state index is 0.0551. The molecule has 0 saturated heterocycles. The van der Waals surface area contributed by atoms with E-state index >= 15 is 4.39 Å². The number of carbonyl (C=O) groups is 2. The maximum Gasteiger partial charge on any atom is 0.410 e. The number of rotatable bonds is 10. The van der Waals surface area contributed by atoms with Crippen LogP contribution in [0, 0.1) is 33.4 Å². The largest absolute Gasteiger partial charge is 0.481 e. The van der Waals surface area contributed by atoms with Gasteiger partial charge in [0.05, 0.1) is 36.9 Å². The third-order valence-electron chi connectivity index (χ3n) is 5.88. The van der Waals surface area contributed by atoms with E-state index in [1.54, 1.807) is 20.8 Å². The Hall–Kier alpha value is -4.95. The molecule has 0 aliphatic carbocycles. The van der Waals surface area contributed by atoms with Crippen LogP contribution < -0.4 is 10.1 Å². The number of nitrogens with zero attached hydrogens (tertiary/aromatic N) is 3. The van der Waals surface area contributed by atoms with Gasteiger partial charge < -0.3 is 24.4 Å². The maximum absolute atomic E-state index is 15.3. The van der Waals surface area contributed by atoms with Crippen molar-refractivity contribution in [3.05, 3.63) is 86.6 Å². The van der Waals surface area contributed by atoms with Crippen molar-refractivity contribution in [3.63, 3.8) is 0 Å². The summed E-state index contributed by atoms with van der Waals surface area (Å²) in [6.45, 7) is 3.75. The first-order valence-electron chi connectivity index (χ1n) is 12.6. The van der Waals surface area contributed by atoms with Crippen LogP contribution in [0.5, 0.6) is 5.88 Å². The summed E-state index contributed by atoms with van der Waals surface area (Å²) < 4.78 is 72.8. The molecule has 43 heavy (non-hydrogen) atoms. The zero-order valence-electron chi connectivity index (χ0n) is 23.8. The lowest BCUT2D eigenvalue weighted by Gasteiger charge is -2.28. The van der Waals surface area contributed by atoms with Gasteiger partial charge in [-0.15, -0.1) is 0 Å². The normalized spacial score (nSPS) is 11.1. The number of esters is 1. The molecular weight excluding hydrogens is 580 g/mol. The van der Waals surface area contributed by atoms with Crippen LogP contribution in [0.2, 0.25) is 0 Å². The quantitative estimate of drug-likeness (QED) is 0.126. The molecule has 0 bridgehead atoms. The second-order valence-corrected chi connectivity index (χ2v) is 10.0. The lowest BCUT2D eigenvalue weighted by Crippen LogP contribution is -2.38. The van der Waals surface area contributed by atoms with Crippen LogP contribution in [-0.4, -0.2) is 53.2 Å². The fourth-order valence-electron chi connectivity index (χ4n) is 3.87. The highest BCUT2D eigenvalue weighted by molar-refractivity contribution is 5.96. The Morgan fingerprint density at radius 2 is 1.67 bits per heavy atom. The summed E-state index contributed by atoms with van der Waals surface area (Å²) in [5.74, 6) is -6.37. The first kappa shape index (κ1) is 32.6. The molecular formula is C28H28F4N4O7. The van der Waals surface area contributed by atoms with E-state index in [0.29, 0.717) is 12.1 Å². The smallest absolute Gasteiger partial charge is 0.410 e. The molecule has 230 valence electrons. The average molecular weight is 609 g/mol. The molecule has 1 N–H and O–H groups in total. The van der Waals surface area contributed by atoms with E-state index in [2.05, 4.69) is 15.0 Å². The standard InChI is InChI=1S/C28H28F4N4O7/c1-28(2,3)43-27(38)35(11-10-21-23(36(39)40)8-9-24(34-21)41-4)14-16-20(7-6-17(29)25(16)32)33-22-13-19(31)18(30)12-15(22)26(37)42-5/h6-9,12-13,33H,10-11,14H2,1-5H3. The number of hydrogen-bond donors (Lipinski definition) is 1. The minimum atomic E-state index is -1.40. The van der Waals surface area contributed by atoms with Gasteiger partial charge >= 0.3 is 12.1 Å². The number of carbonyl (C=O) groups excluding carboxylic acids is 2. The number of amides is 1. The molecule has 1 amide bonds. The van der Waals surface area contributed by atoms with E-state index in [4.69, 9.17) is 9.47 Å². The first-order valence-corrected chi connectivity index (χ1v) is 12.6. The summed E-state index contributed by atoms with van der Waals surface area (Å²) in [7, 11) is 2.32. The highest BCUT2D eigenvalue weighted by Gasteiger charge is 2.27. The number of anilines is 2. The van der Waals surface area contributed by atoms with Gasteiger partial charge in [0.2, 0.25) is 5.88 Å². The molecule has 0 fully saturated rings. The Morgan fingerprint density at radius 1 is 1.00 bits per heavy atom. The summed E-state index contributed by atoms with van der Waals surface area (Å²) in [5.41, 5.74) is -2.89. The van der Waals surface area contributed by atoms with Crippen molar-refractivity contribution in [2.24, 2.45) is 0 Å². The lowest BCUT2D eigenvalue weighted by atomic mass is 10.1. The lowest BCUT2D eigenvalue weighted by molar-refractivity contribution is -0.386. The van der Waals surface area contributed by atoms with Crippen LogP contribution in [0.4, 0.5) is 39.4 Å². The second kappa shape index (κ2) is 13.4. The number of hydrogen-bond acceptors (Lipinski definition) is 9. The van der Waals surface area contributed by atoms with Crippen molar-refractivity contribution in [2.45, 2.75) is 39.3 Å². The molecule has 15 heteroatoms. The molecule has 3 aromatic rings. The van der Waals surface area contributed by atoms with Gasteiger partial charge in [0, 0.05) is 42.4 Å². The van der Waals surface area contributed by atoms with Crippen LogP contribution in [0.3, 0.4) is 0 Å². The molecule has 0 aliphatic rings. The number of nitro groups is 1. The van der Waals surface area contributed by atoms with Gasteiger partial charge in [-0.05, 0) is 39.0 Å². The van der Waals surface area contributed by atoms with Crippen LogP contribution in [-0.2, 0) is 22.4 Å². The number of halogens is 4. The summed E-state index contributed by atoms with van der Waals surface area (Å²) in [6, 6.07) is 5.48. The molecule has 2 aromatic carbocycles. The number of nitrogens with one attached hydrogen (secondary N) is 1. The second-order valence-electron chi connectivity index (χ2n) is 10.0. The van der Waals surface area contributed by atoms with Gasteiger partial charge in [-0.25, -0.2) is 32.1 Å². The van der Waals surface area contributed by atoms with Gasteiger partial charge in [-0.2, -0.15) is 0 Å². The average Bonchev–Trinajstić information content (AvgIpc) is 2.94. The van der Waals surface area contributed by atoms with Crippen LogP contribution >= 0.6 is 0 Å². The van der Waals surface area contributed by atoms with Gasteiger partial charge in [-0.1, -0.05) is 0 Å². The molecule has 11 nitrogen and oxygen atoms in total. The Balaban J connectivity index is 2.06. The van der Waals surface area contributed by atoms with Crippen molar-refractivity contribution in [1.82, 2.24) is 9.88 Å². The maximum atomic E-state index is 15.3. The first-order chi connectivity index (χ1) is 20.1. The molecule has 0 radical (unpaired) electrons. The number of methoxy groups -OCH3 is 2. The van der Waals surface area contributed by atoms with Crippen LogP contribution in [0.25, 0.3) is 0 Å². The number of pyridine rings is 1. The highest BCUT2D eigenvalue weighted by Crippen LogP contribution is 2.31. The zero-order valence-corrected chi connectivity index (χ0v) is 23.8. The molecule has 0 unspecified atom stereocenters. The minimum Gasteiger partial charge on any atom is -0.481 e. The van der Waals surface area contributed by atoms with E-state index in [1.807, 2.05) is 0 Å². The zero-order chi connectivity index (χ0) is 32.1. The van der Waals surface area contributed by atoms with Crippen molar-refractivity contribution in [2.75, 3.05) is 26.1 Å². The Bertz CT molecular complexity index is 1550. The number of benzene rings is 2. The Morgan fingerprint density at radius 3 is 2.28 bits per heavy atom. The van der Waals surface area contributed by atoms with Gasteiger partial charge in [0.15, 0.2) is 23.3 Å². The van der Waals surface area contributed by atoms with E-state index in [-0.39, 0.29) is 41.6 Å².